The Labute approximate surface area is 126 Å². The molecule has 1 heterocycles. The molecule has 1 rings (SSSR count). The second-order valence-corrected chi connectivity index (χ2v) is 6.29. The smallest absolute Gasteiger partial charge is 0.305 e. The molecular weight excluding hydrogens is 296 g/mol. The van der Waals surface area contributed by atoms with Gasteiger partial charge < -0.3 is 10.1 Å². The van der Waals surface area contributed by atoms with E-state index in [4.69, 9.17) is 0 Å². The molecule has 0 bridgehead atoms. The minimum atomic E-state index is -0.249. The van der Waals surface area contributed by atoms with Crippen molar-refractivity contribution in [1.29, 1.82) is 0 Å². The number of nitrogens with zero attached hydrogens (tertiary/aromatic N) is 1. The lowest BCUT2D eigenvalue weighted by Crippen LogP contribution is -2.25. The number of hydrogen-bond donors (Lipinski definition) is 1. The largest absolute Gasteiger partial charge is 0.469 e. The zero-order valence-corrected chi connectivity index (χ0v) is 13.0. The van der Waals surface area contributed by atoms with Gasteiger partial charge in [-0.15, -0.1) is 0 Å². The molecule has 20 heavy (non-hydrogen) atoms. The molecule has 0 spiro atoms. The van der Waals surface area contributed by atoms with Crippen molar-refractivity contribution in [3.8, 4) is 0 Å². The number of ether oxygens (including phenoxy) is 1. The summed E-state index contributed by atoms with van der Waals surface area (Å²) in [6.07, 6.45) is 3.15. The first kappa shape index (κ1) is 16.8. The molecule has 5 nitrogen and oxygen atoms in total. The molecule has 0 aromatic carbocycles. The maximum Gasteiger partial charge on any atom is 0.305 e. The second kappa shape index (κ2) is 10.6. The molecule has 1 N–H and O–H groups in total. The molecule has 0 fully saturated rings. The predicted octanol–water partition coefficient (Wildman–Crippen LogP) is 2.28. The SMILES string of the molecule is COC(=O)CCCNC(=O)CCSSc1ccccn1. The summed E-state index contributed by atoms with van der Waals surface area (Å²) in [4.78, 5) is 26.5. The summed E-state index contributed by atoms with van der Waals surface area (Å²) in [5.41, 5.74) is 0. The van der Waals surface area contributed by atoms with Gasteiger partial charge in [0.25, 0.3) is 0 Å². The van der Waals surface area contributed by atoms with Crippen LogP contribution in [-0.4, -0.2) is 36.3 Å². The molecule has 0 aliphatic heterocycles. The van der Waals surface area contributed by atoms with Gasteiger partial charge in [0.15, 0.2) is 0 Å². The molecule has 1 aromatic rings. The number of amides is 1. The first-order chi connectivity index (χ1) is 9.72. The molecule has 0 saturated heterocycles. The number of pyridine rings is 1. The Kier molecular flexibility index (Phi) is 8.90. The van der Waals surface area contributed by atoms with Gasteiger partial charge in [-0.2, -0.15) is 0 Å². The number of carbonyl (C=O) groups is 2. The van der Waals surface area contributed by atoms with Crippen LogP contribution in [0.1, 0.15) is 19.3 Å². The lowest BCUT2D eigenvalue weighted by atomic mass is 10.3. The van der Waals surface area contributed by atoms with Crippen molar-refractivity contribution in [3.63, 3.8) is 0 Å². The van der Waals surface area contributed by atoms with Gasteiger partial charge in [-0.1, -0.05) is 16.9 Å². The molecule has 1 aromatic heterocycles. The predicted molar refractivity (Wildman–Crippen MR) is 81.4 cm³/mol. The molecule has 0 saturated carbocycles. The van der Waals surface area contributed by atoms with Crippen LogP contribution < -0.4 is 5.32 Å². The number of aromatic nitrogens is 1. The summed E-state index contributed by atoms with van der Waals surface area (Å²) in [6.45, 7) is 0.506. The van der Waals surface area contributed by atoms with Crippen molar-refractivity contribution >= 4 is 33.5 Å². The van der Waals surface area contributed by atoms with E-state index in [-0.39, 0.29) is 11.9 Å². The minimum absolute atomic E-state index is 0.00369. The number of carbonyl (C=O) groups excluding carboxylic acids is 2. The van der Waals surface area contributed by atoms with E-state index in [1.807, 2.05) is 18.2 Å². The summed E-state index contributed by atoms with van der Waals surface area (Å²) < 4.78 is 4.52. The van der Waals surface area contributed by atoms with E-state index in [1.54, 1.807) is 27.8 Å². The zero-order chi connectivity index (χ0) is 14.6. The third-order valence-electron chi connectivity index (χ3n) is 2.30. The van der Waals surface area contributed by atoms with Gasteiger partial charge in [-0.25, -0.2) is 4.98 Å². The van der Waals surface area contributed by atoms with Crippen LogP contribution in [0, 0.1) is 0 Å². The lowest BCUT2D eigenvalue weighted by Gasteiger charge is -2.04. The van der Waals surface area contributed by atoms with Gasteiger partial charge in [-0.05, 0) is 29.3 Å². The molecule has 7 heteroatoms. The Morgan fingerprint density at radius 1 is 1.35 bits per heavy atom. The van der Waals surface area contributed by atoms with E-state index in [0.29, 0.717) is 25.8 Å². The average molecular weight is 314 g/mol. The normalized spacial score (nSPS) is 10.1. The summed E-state index contributed by atoms with van der Waals surface area (Å²) in [5, 5.41) is 3.72. The molecule has 110 valence electrons. The van der Waals surface area contributed by atoms with Crippen molar-refractivity contribution in [3.05, 3.63) is 24.4 Å². The molecule has 1 amide bonds. The van der Waals surface area contributed by atoms with Gasteiger partial charge in [0.05, 0.1) is 7.11 Å². The third kappa shape index (κ3) is 8.06. The Morgan fingerprint density at radius 3 is 2.90 bits per heavy atom. The number of nitrogens with one attached hydrogen (secondary N) is 1. The zero-order valence-electron chi connectivity index (χ0n) is 11.3. The number of hydrogen-bond acceptors (Lipinski definition) is 6. The van der Waals surface area contributed by atoms with Crippen LogP contribution in [0.2, 0.25) is 0 Å². The molecule has 0 aliphatic rings. The van der Waals surface area contributed by atoms with Crippen molar-refractivity contribution < 1.29 is 14.3 Å². The van der Waals surface area contributed by atoms with E-state index < -0.39 is 0 Å². The summed E-state index contributed by atoms with van der Waals surface area (Å²) >= 11 is 0. The first-order valence-electron chi connectivity index (χ1n) is 6.26. The summed E-state index contributed by atoms with van der Waals surface area (Å²) in [5.74, 6) is 0.481. The van der Waals surface area contributed by atoms with Crippen LogP contribution in [0.15, 0.2) is 29.4 Å². The van der Waals surface area contributed by atoms with Crippen LogP contribution in [0.3, 0.4) is 0 Å². The highest BCUT2D eigenvalue weighted by molar-refractivity contribution is 8.76. The van der Waals surface area contributed by atoms with Gasteiger partial charge in [-0.3, -0.25) is 9.59 Å². The van der Waals surface area contributed by atoms with Gasteiger partial charge in [0, 0.05) is 31.3 Å². The van der Waals surface area contributed by atoms with E-state index in [2.05, 4.69) is 15.0 Å². The Balaban J connectivity index is 1.99. The van der Waals surface area contributed by atoms with Crippen LogP contribution in [0.4, 0.5) is 0 Å². The summed E-state index contributed by atoms with van der Waals surface area (Å²) in [6, 6.07) is 5.74. The number of methoxy groups -OCH3 is 1. The fourth-order valence-corrected chi connectivity index (χ4v) is 3.15. The lowest BCUT2D eigenvalue weighted by molar-refractivity contribution is -0.140. The van der Waals surface area contributed by atoms with Crippen LogP contribution in [-0.2, 0) is 14.3 Å². The monoisotopic (exact) mass is 314 g/mol. The average Bonchev–Trinajstić information content (AvgIpc) is 2.49. The van der Waals surface area contributed by atoms with Gasteiger partial charge in [0.1, 0.15) is 5.03 Å². The molecule has 0 aliphatic carbocycles. The number of esters is 1. The third-order valence-corrected chi connectivity index (χ3v) is 4.57. The van der Waals surface area contributed by atoms with E-state index in [0.717, 1.165) is 10.8 Å². The van der Waals surface area contributed by atoms with Crippen LogP contribution in [0.5, 0.6) is 0 Å². The van der Waals surface area contributed by atoms with E-state index >= 15 is 0 Å². The highest BCUT2D eigenvalue weighted by atomic mass is 33.1. The summed E-state index contributed by atoms with van der Waals surface area (Å²) in [7, 11) is 4.52. The van der Waals surface area contributed by atoms with Crippen molar-refractivity contribution in [2.45, 2.75) is 24.3 Å². The minimum Gasteiger partial charge on any atom is -0.469 e. The van der Waals surface area contributed by atoms with E-state index in [9.17, 15) is 9.59 Å². The molecule has 0 radical (unpaired) electrons. The maximum atomic E-state index is 11.5. The van der Waals surface area contributed by atoms with Crippen molar-refractivity contribution in [2.24, 2.45) is 0 Å². The highest BCUT2D eigenvalue weighted by Crippen LogP contribution is 2.29. The maximum absolute atomic E-state index is 11.5. The van der Waals surface area contributed by atoms with Crippen LogP contribution >= 0.6 is 21.6 Å². The van der Waals surface area contributed by atoms with Crippen LogP contribution in [0.25, 0.3) is 0 Å². The fraction of sp³-hybridized carbons (Fsp3) is 0.462. The topological polar surface area (TPSA) is 68.3 Å². The second-order valence-electron chi connectivity index (χ2n) is 3.85. The quantitative estimate of drug-likeness (QED) is 0.428. The molecule has 0 atom stereocenters. The van der Waals surface area contributed by atoms with Gasteiger partial charge >= 0.3 is 5.97 Å². The van der Waals surface area contributed by atoms with Crippen molar-refractivity contribution in [1.82, 2.24) is 10.3 Å². The Hall–Kier alpha value is -1.21. The highest BCUT2D eigenvalue weighted by Gasteiger charge is 2.03. The van der Waals surface area contributed by atoms with Crippen molar-refractivity contribution in [2.75, 3.05) is 19.4 Å². The molecule has 0 unspecified atom stereocenters. The Bertz CT molecular complexity index is 415. The Morgan fingerprint density at radius 2 is 2.20 bits per heavy atom. The number of rotatable bonds is 9. The molecular formula is C13H18N2O3S2. The fourth-order valence-electron chi connectivity index (χ4n) is 1.28. The van der Waals surface area contributed by atoms with E-state index in [1.165, 1.54) is 7.11 Å². The van der Waals surface area contributed by atoms with Gasteiger partial charge in [0.2, 0.25) is 5.91 Å². The standard InChI is InChI=1S/C13H18N2O3S2/c1-18-13(17)6-4-9-14-11(16)7-10-19-20-12-5-2-3-8-15-12/h2-3,5,8H,4,6-7,9-10H2,1H3,(H,14,16). The first-order valence-corrected chi connectivity index (χ1v) is 8.58.